The number of nitrogens with two attached hydrogens (primary N) is 1. The molecule has 4 rings (SSSR count). The highest BCUT2D eigenvalue weighted by atomic mass is 35.5. The van der Waals surface area contributed by atoms with E-state index in [0.717, 1.165) is 23.2 Å². The number of para-hydroxylation sites is 1. The molecule has 0 radical (unpaired) electrons. The SMILES string of the molecule is Cl.N[C@@H]1CCN(C(=O)c2occc2CN2C(=O)Cc3ccccc32)C1. The summed E-state index contributed by atoms with van der Waals surface area (Å²) in [7, 11) is 0. The number of hydrogen-bond donors (Lipinski definition) is 1. The summed E-state index contributed by atoms with van der Waals surface area (Å²) in [6, 6.07) is 9.52. The quantitative estimate of drug-likeness (QED) is 0.906. The fraction of sp³-hybridized carbons (Fsp3) is 0.333. The smallest absolute Gasteiger partial charge is 0.289 e. The van der Waals surface area contributed by atoms with Crippen molar-refractivity contribution >= 4 is 29.9 Å². The molecule has 0 unspecified atom stereocenters. The number of furan rings is 1. The fourth-order valence-electron chi connectivity index (χ4n) is 3.42. The van der Waals surface area contributed by atoms with Crippen LogP contribution in [-0.4, -0.2) is 35.8 Å². The molecule has 2 aliphatic heterocycles. The van der Waals surface area contributed by atoms with E-state index in [4.69, 9.17) is 10.2 Å². The summed E-state index contributed by atoms with van der Waals surface area (Å²) < 4.78 is 5.44. The second kappa shape index (κ2) is 6.90. The maximum Gasteiger partial charge on any atom is 0.289 e. The van der Waals surface area contributed by atoms with Gasteiger partial charge in [-0.25, -0.2) is 0 Å². The van der Waals surface area contributed by atoms with Gasteiger partial charge in [0.2, 0.25) is 5.91 Å². The fourth-order valence-corrected chi connectivity index (χ4v) is 3.42. The lowest BCUT2D eigenvalue weighted by Crippen LogP contribution is -2.33. The maximum atomic E-state index is 12.6. The van der Waals surface area contributed by atoms with E-state index in [1.54, 1.807) is 15.9 Å². The molecule has 1 aromatic carbocycles. The first-order valence-corrected chi connectivity index (χ1v) is 8.13. The molecule has 1 fully saturated rings. The minimum Gasteiger partial charge on any atom is -0.459 e. The van der Waals surface area contributed by atoms with Gasteiger partial charge in [0.1, 0.15) is 0 Å². The number of hydrogen-bond acceptors (Lipinski definition) is 4. The van der Waals surface area contributed by atoms with E-state index in [0.29, 0.717) is 31.8 Å². The van der Waals surface area contributed by atoms with Gasteiger partial charge in [0.05, 0.1) is 19.2 Å². The summed E-state index contributed by atoms with van der Waals surface area (Å²) in [5.41, 5.74) is 8.53. The van der Waals surface area contributed by atoms with Crippen LogP contribution in [0.4, 0.5) is 5.69 Å². The van der Waals surface area contributed by atoms with Crippen LogP contribution in [0, 0.1) is 0 Å². The van der Waals surface area contributed by atoms with Gasteiger partial charge in [-0.05, 0) is 24.1 Å². The topological polar surface area (TPSA) is 79.8 Å². The number of fused-ring (bicyclic) bond motifs is 1. The maximum absolute atomic E-state index is 12.6. The Hall–Kier alpha value is -2.31. The third-order valence-electron chi connectivity index (χ3n) is 4.71. The highest BCUT2D eigenvalue weighted by molar-refractivity contribution is 6.01. The van der Waals surface area contributed by atoms with Gasteiger partial charge in [0.25, 0.3) is 5.91 Å². The van der Waals surface area contributed by atoms with Gasteiger partial charge >= 0.3 is 0 Å². The van der Waals surface area contributed by atoms with Crippen LogP contribution in [0.5, 0.6) is 0 Å². The Morgan fingerprint density at radius 2 is 2.08 bits per heavy atom. The number of rotatable bonds is 3. The third kappa shape index (κ3) is 3.15. The van der Waals surface area contributed by atoms with E-state index in [-0.39, 0.29) is 30.3 Å². The molecule has 25 heavy (non-hydrogen) atoms. The van der Waals surface area contributed by atoms with Crippen LogP contribution in [0.15, 0.2) is 41.0 Å². The van der Waals surface area contributed by atoms with E-state index in [1.165, 1.54) is 6.26 Å². The molecule has 1 saturated heterocycles. The normalized spacial score (nSPS) is 19.1. The molecule has 6 nitrogen and oxygen atoms in total. The largest absolute Gasteiger partial charge is 0.459 e. The first-order chi connectivity index (χ1) is 11.6. The molecular weight excluding hydrogens is 342 g/mol. The minimum absolute atomic E-state index is 0. The molecule has 0 bridgehead atoms. The molecule has 2 aromatic rings. The summed E-state index contributed by atoms with van der Waals surface area (Å²) in [4.78, 5) is 28.4. The molecule has 0 saturated carbocycles. The molecule has 2 amide bonds. The molecular formula is C18H20ClN3O3. The molecule has 0 spiro atoms. The Kier molecular flexibility index (Phi) is 4.83. The second-order valence-electron chi connectivity index (χ2n) is 6.36. The van der Waals surface area contributed by atoms with Gasteiger partial charge < -0.3 is 20.0 Å². The van der Waals surface area contributed by atoms with E-state index in [2.05, 4.69) is 0 Å². The van der Waals surface area contributed by atoms with Crippen LogP contribution in [-0.2, 0) is 17.8 Å². The van der Waals surface area contributed by atoms with Crippen molar-refractivity contribution in [1.82, 2.24) is 4.90 Å². The number of amides is 2. The van der Waals surface area contributed by atoms with E-state index >= 15 is 0 Å². The first-order valence-electron chi connectivity index (χ1n) is 8.13. The predicted octanol–water partition coefficient (Wildman–Crippen LogP) is 1.96. The second-order valence-corrected chi connectivity index (χ2v) is 6.36. The molecule has 1 aromatic heterocycles. The zero-order valence-corrected chi connectivity index (χ0v) is 14.5. The first kappa shape index (κ1) is 17.5. The molecule has 2 N–H and O–H groups in total. The number of carbonyl (C=O) groups is 2. The Balaban J connectivity index is 0.00000182. The zero-order chi connectivity index (χ0) is 16.7. The van der Waals surface area contributed by atoms with Crippen molar-refractivity contribution in [3.63, 3.8) is 0 Å². The van der Waals surface area contributed by atoms with Gasteiger partial charge in [0, 0.05) is 30.4 Å². The number of likely N-dealkylation sites (tertiary alicyclic amines) is 1. The molecule has 1 atom stereocenters. The van der Waals surface area contributed by atoms with Crippen LogP contribution in [0.2, 0.25) is 0 Å². The third-order valence-corrected chi connectivity index (χ3v) is 4.71. The summed E-state index contributed by atoms with van der Waals surface area (Å²) >= 11 is 0. The van der Waals surface area contributed by atoms with Gasteiger partial charge in [-0.3, -0.25) is 9.59 Å². The standard InChI is InChI=1S/C18H19N3O3.ClH/c19-14-5-7-20(11-14)18(23)17-13(6-8-24-17)10-21-15-4-2-1-3-12(15)9-16(21)22;/h1-4,6,8,14H,5,7,9-11,19H2;1H/t14-;/m1./s1. The lowest BCUT2D eigenvalue weighted by Gasteiger charge is -2.19. The summed E-state index contributed by atoms with van der Waals surface area (Å²) in [5, 5.41) is 0. The van der Waals surface area contributed by atoms with E-state index in [9.17, 15) is 9.59 Å². The minimum atomic E-state index is -0.150. The zero-order valence-electron chi connectivity index (χ0n) is 13.7. The summed E-state index contributed by atoms with van der Waals surface area (Å²) in [6.07, 6.45) is 2.71. The Morgan fingerprint density at radius 1 is 1.28 bits per heavy atom. The summed E-state index contributed by atoms with van der Waals surface area (Å²) in [5.74, 6) is 0.197. The Labute approximate surface area is 152 Å². The molecule has 132 valence electrons. The number of anilines is 1. The number of carbonyl (C=O) groups excluding carboxylic acids is 2. The lowest BCUT2D eigenvalue weighted by molar-refractivity contribution is -0.117. The van der Waals surface area contributed by atoms with E-state index < -0.39 is 0 Å². The van der Waals surface area contributed by atoms with Crippen molar-refractivity contribution in [1.29, 1.82) is 0 Å². The number of benzene rings is 1. The summed E-state index contributed by atoms with van der Waals surface area (Å²) in [6.45, 7) is 1.53. The highest BCUT2D eigenvalue weighted by Crippen LogP contribution is 2.31. The van der Waals surface area contributed by atoms with Gasteiger partial charge in [0.15, 0.2) is 5.76 Å². The van der Waals surface area contributed by atoms with Crippen molar-refractivity contribution in [2.45, 2.75) is 25.4 Å². The van der Waals surface area contributed by atoms with Crippen LogP contribution in [0.1, 0.15) is 28.1 Å². The van der Waals surface area contributed by atoms with Crippen LogP contribution in [0.25, 0.3) is 0 Å². The van der Waals surface area contributed by atoms with Crippen molar-refractivity contribution in [3.05, 3.63) is 53.5 Å². The molecule has 2 aliphatic rings. The Bertz CT molecular complexity index is 804. The van der Waals surface area contributed by atoms with Crippen molar-refractivity contribution in [3.8, 4) is 0 Å². The van der Waals surface area contributed by atoms with Crippen LogP contribution >= 0.6 is 12.4 Å². The van der Waals surface area contributed by atoms with Crippen LogP contribution in [0.3, 0.4) is 0 Å². The monoisotopic (exact) mass is 361 g/mol. The highest BCUT2D eigenvalue weighted by Gasteiger charge is 2.31. The van der Waals surface area contributed by atoms with Crippen molar-refractivity contribution in [2.75, 3.05) is 18.0 Å². The van der Waals surface area contributed by atoms with E-state index in [1.807, 2.05) is 24.3 Å². The van der Waals surface area contributed by atoms with Gasteiger partial charge in [-0.15, -0.1) is 12.4 Å². The van der Waals surface area contributed by atoms with Crippen molar-refractivity contribution < 1.29 is 14.0 Å². The number of halogens is 1. The molecule has 3 heterocycles. The average Bonchev–Trinajstić information content (AvgIpc) is 3.27. The molecule has 0 aliphatic carbocycles. The number of nitrogens with zero attached hydrogens (tertiary/aromatic N) is 2. The van der Waals surface area contributed by atoms with Crippen LogP contribution < -0.4 is 10.6 Å². The molecule has 7 heteroatoms. The van der Waals surface area contributed by atoms with Gasteiger partial charge in [-0.1, -0.05) is 18.2 Å². The lowest BCUT2D eigenvalue weighted by atomic mass is 10.1. The van der Waals surface area contributed by atoms with Crippen molar-refractivity contribution in [2.24, 2.45) is 5.73 Å². The average molecular weight is 362 g/mol. The Morgan fingerprint density at radius 3 is 2.84 bits per heavy atom. The predicted molar refractivity (Wildman–Crippen MR) is 95.8 cm³/mol. The van der Waals surface area contributed by atoms with Gasteiger partial charge in [-0.2, -0.15) is 0 Å².